The third-order valence-electron chi connectivity index (χ3n) is 2.98. The first kappa shape index (κ1) is 13.7. The van der Waals surface area contributed by atoms with E-state index in [0.717, 1.165) is 22.4 Å². The first-order chi connectivity index (χ1) is 9.22. The number of rotatable bonds is 5. The van der Waals surface area contributed by atoms with Crippen molar-refractivity contribution < 1.29 is 9.53 Å². The number of carbonyl (C=O) groups is 1. The summed E-state index contributed by atoms with van der Waals surface area (Å²) in [6.45, 7) is 0. The molecule has 2 rings (SSSR count). The zero-order valence-electron chi connectivity index (χ0n) is 10.8. The predicted octanol–water partition coefficient (Wildman–Crippen LogP) is 3.55. The van der Waals surface area contributed by atoms with Crippen LogP contribution in [0.5, 0.6) is 5.75 Å². The normalized spacial score (nSPS) is 10.2. The Morgan fingerprint density at radius 3 is 2.11 bits per heavy atom. The molecule has 0 aliphatic rings. The number of carbonyl (C=O) groups excluding carboxylic acids is 1. The van der Waals surface area contributed by atoms with Gasteiger partial charge in [0.05, 0.1) is 7.11 Å². The van der Waals surface area contributed by atoms with Crippen LogP contribution in [0.3, 0.4) is 0 Å². The molecule has 0 saturated heterocycles. The molecule has 0 aliphatic carbocycles. The number of methoxy groups -OCH3 is 1. The second kappa shape index (κ2) is 6.43. The molecule has 0 aliphatic heterocycles. The molecule has 0 aromatic heterocycles. The predicted molar refractivity (Wildman–Crippen MR) is 80.2 cm³/mol. The molecule has 0 unspecified atom stereocenters. The van der Waals surface area contributed by atoms with E-state index >= 15 is 0 Å². The summed E-state index contributed by atoms with van der Waals surface area (Å²) in [4.78, 5) is 12.1. The standard InChI is InChI=1S/C16H16O2S/c1-18-15-8-4-12(5-9-15)10-16(17)14-6-2-13(11-19)3-7-14/h2-9,19H,10-11H2,1H3. The van der Waals surface area contributed by atoms with Gasteiger partial charge in [0.2, 0.25) is 0 Å². The minimum atomic E-state index is 0.121. The highest BCUT2D eigenvalue weighted by Crippen LogP contribution is 2.14. The second-order valence-electron chi connectivity index (χ2n) is 4.30. The third kappa shape index (κ3) is 3.61. The molecular weight excluding hydrogens is 256 g/mol. The molecule has 0 atom stereocenters. The minimum Gasteiger partial charge on any atom is -0.497 e. The van der Waals surface area contributed by atoms with Gasteiger partial charge in [-0.2, -0.15) is 12.6 Å². The molecule has 0 bridgehead atoms. The van der Waals surface area contributed by atoms with Crippen molar-refractivity contribution in [3.05, 3.63) is 65.2 Å². The van der Waals surface area contributed by atoms with Crippen molar-refractivity contribution in [1.29, 1.82) is 0 Å². The number of ketones is 1. The van der Waals surface area contributed by atoms with Crippen molar-refractivity contribution in [2.45, 2.75) is 12.2 Å². The summed E-state index contributed by atoms with van der Waals surface area (Å²) < 4.78 is 5.09. The van der Waals surface area contributed by atoms with Crippen molar-refractivity contribution >= 4 is 18.4 Å². The number of benzene rings is 2. The summed E-state index contributed by atoms with van der Waals surface area (Å²) in [6.07, 6.45) is 0.407. The van der Waals surface area contributed by atoms with E-state index in [2.05, 4.69) is 12.6 Å². The van der Waals surface area contributed by atoms with Gasteiger partial charge < -0.3 is 4.74 Å². The van der Waals surface area contributed by atoms with E-state index in [4.69, 9.17) is 4.74 Å². The topological polar surface area (TPSA) is 26.3 Å². The summed E-state index contributed by atoms with van der Waals surface area (Å²) in [5.41, 5.74) is 2.84. The average molecular weight is 272 g/mol. The molecule has 0 heterocycles. The molecule has 0 radical (unpaired) electrons. The maximum atomic E-state index is 12.1. The monoisotopic (exact) mass is 272 g/mol. The molecule has 0 spiro atoms. The summed E-state index contributed by atoms with van der Waals surface area (Å²) in [7, 11) is 1.63. The molecule has 2 aromatic carbocycles. The second-order valence-corrected chi connectivity index (χ2v) is 4.62. The Bertz CT molecular complexity index is 544. The van der Waals surface area contributed by atoms with Crippen LogP contribution in [0.15, 0.2) is 48.5 Å². The maximum Gasteiger partial charge on any atom is 0.167 e. The van der Waals surface area contributed by atoms with Crippen LogP contribution in [0.1, 0.15) is 21.5 Å². The Morgan fingerprint density at radius 2 is 1.58 bits per heavy atom. The minimum absolute atomic E-state index is 0.121. The van der Waals surface area contributed by atoms with Crippen molar-refractivity contribution in [3.63, 3.8) is 0 Å². The van der Waals surface area contributed by atoms with Gasteiger partial charge in [-0.15, -0.1) is 0 Å². The van der Waals surface area contributed by atoms with Crippen LogP contribution >= 0.6 is 12.6 Å². The van der Waals surface area contributed by atoms with E-state index < -0.39 is 0 Å². The lowest BCUT2D eigenvalue weighted by molar-refractivity contribution is 0.0993. The van der Waals surface area contributed by atoms with E-state index in [1.54, 1.807) is 7.11 Å². The van der Waals surface area contributed by atoms with Gasteiger partial charge >= 0.3 is 0 Å². The molecule has 0 amide bonds. The molecule has 0 saturated carbocycles. The van der Waals surface area contributed by atoms with Gasteiger partial charge in [-0.1, -0.05) is 36.4 Å². The van der Waals surface area contributed by atoms with Crippen LogP contribution in [-0.4, -0.2) is 12.9 Å². The van der Waals surface area contributed by atoms with Crippen molar-refractivity contribution in [2.75, 3.05) is 7.11 Å². The molecule has 98 valence electrons. The van der Waals surface area contributed by atoms with Gasteiger partial charge in [0.25, 0.3) is 0 Å². The first-order valence-corrected chi connectivity index (χ1v) is 6.72. The Kier molecular flexibility index (Phi) is 4.63. The van der Waals surface area contributed by atoms with E-state index in [1.165, 1.54) is 0 Å². The number of thiol groups is 1. The Morgan fingerprint density at radius 1 is 1.00 bits per heavy atom. The fourth-order valence-electron chi connectivity index (χ4n) is 1.83. The van der Waals surface area contributed by atoms with E-state index in [1.807, 2.05) is 48.5 Å². The fourth-order valence-corrected chi connectivity index (χ4v) is 2.04. The van der Waals surface area contributed by atoms with Gasteiger partial charge in [-0.05, 0) is 23.3 Å². The smallest absolute Gasteiger partial charge is 0.167 e. The highest BCUT2D eigenvalue weighted by molar-refractivity contribution is 7.79. The highest BCUT2D eigenvalue weighted by atomic mass is 32.1. The summed E-state index contributed by atoms with van der Waals surface area (Å²) in [5, 5.41) is 0. The Balaban J connectivity index is 2.06. The highest BCUT2D eigenvalue weighted by Gasteiger charge is 2.07. The van der Waals surface area contributed by atoms with E-state index in [-0.39, 0.29) is 5.78 Å². The zero-order valence-corrected chi connectivity index (χ0v) is 11.7. The van der Waals surface area contributed by atoms with Gasteiger partial charge in [0.1, 0.15) is 5.75 Å². The molecule has 19 heavy (non-hydrogen) atoms. The van der Waals surface area contributed by atoms with Crippen molar-refractivity contribution in [2.24, 2.45) is 0 Å². The molecule has 0 fully saturated rings. The van der Waals surface area contributed by atoms with Gasteiger partial charge in [-0.3, -0.25) is 4.79 Å². The van der Waals surface area contributed by atoms with Crippen LogP contribution in [-0.2, 0) is 12.2 Å². The zero-order chi connectivity index (χ0) is 13.7. The maximum absolute atomic E-state index is 12.1. The average Bonchev–Trinajstić information content (AvgIpc) is 2.48. The van der Waals surface area contributed by atoms with E-state index in [0.29, 0.717) is 12.2 Å². The first-order valence-electron chi connectivity index (χ1n) is 6.09. The third-order valence-corrected chi connectivity index (χ3v) is 3.35. The van der Waals surface area contributed by atoms with Gasteiger partial charge in [0, 0.05) is 17.7 Å². The van der Waals surface area contributed by atoms with E-state index in [9.17, 15) is 4.79 Å². The van der Waals surface area contributed by atoms with Crippen molar-refractivity contribution in [3.8, 4) is 5.75 Å². The van der Waals surface area contributed by atoms with Crippen LogP contribution in [0.4, 0.5) is 0 Å². The number of ether oxygens (including phenoxy) is 1. The Labute approximate surface area is 118 Å². The number of hydrogen-bond acceptors (Lipinski definition) is 3. The fraction of sp³-hybridized carbons (Fsp3) is 0.188. The largest absolute Gasteiger partial charge is 0.497 e. The lowest BCUT2D eigenvalue weighted by atomic mass is 10.0. The van der Waals surface area contributed by atoms with Crippen LogP contribution < -0.4 is 4.74 Å². The molecule has 3 heteroatoms. The molecule has 2 nitrogen and oxygen atoms in total. The molecule has 2 aromatic rings. The summed E-state index contributed by atoms with van der Waals surface area (Å²) in [6, 6.07) is 15.2. The quantitative estimate of drug-likeness (QED) is 0.665. The molecule has 0 N–H and O–H groups in total. The van der Waals surface area contributed by atoms with Crippen LogP contribution in [0.25, 0.3) is 0 Å². The van der Waals surface area contributed by atoms with Crippen LogP contribution in [0, 0.1) is 0 Å². The number of Topliss-reactive ketones (excluding diaryl/α,β-unsaturated/α-hetero) is 1. The lowest BCUT2D eigenvalue weighted by Gasteiger charge is -2.04. The number of hydrogen-bond donors (Lipinski definition) is 1. The SMILES string of the molecule is COc1ccc(CC(=O)c2ccc(CS)cc2)cc1. The van der Waals surface area contributed by atoms with Crippen molar-refractivity contribution in [1.82, 2.24) is 0 Å². The Hall–Kier alpha value is -1.74. The summed E-state index contributed by atoms with van der Waals surface area (Å²) in [5.74, 6) is 1.61. The van der Waals surface area contributed by atoms with Gasteiger partial charge in [0.15, 0.2) is 5.78 Å². The van der Waals surface area contributed by atoms with Crippen LogP contribution in [0.2, 0.25) is 0 Å². The summed E-state index contributed by atoms with van der Waals surface area (Å²) >= 11 is 4.20. The lowest BCUT2D eigenvalue weighted by Crippen LogP contribution is -2.03. The van der Waals surface area contributed by atoms with Gasteiger partial charge in [-0.25, -0.2) is 0 Å². The molecular formula is C16H16O2S.